The molecule has 1 aromatic carbocycles. The number of methoxy groups -OCH3 is 1. The van der Waals surface area contributed by atoms with Gasteiger partial charge in [0.2, 0.25) is 5.43 Å². The zero-order valence-corrected chi connectivity index (χ0v) is 10.6. The lowest BCUT2D eigenvalue weighted by Gasteiger charge is -2.09. The molecule has 0 saturated carbocycles. The Morgan fingerprint density at radius 1 is 1.41 bits per heavy atom. The molecule has 0 aliphatic rings. The maximum absolute atomic E-state index is 13.6. The van der Waals surface area contributed by atoms with Gasteiger partial charge in [0.15, 0.2) is 11.6 Å². The molecule has 1 aromatic heterocycles. The van der Waals surface area contributed by atoms with E-state index >= 15 is 0 Å². The van der Waals surface area contributed by atoms with Crippen LogP contribution in [0.25, 0.3) is 10.9 Å². The van der Waals surface area contributed by atoms with Crippen LogP contribution in [0.2, 0.25) is 0 Å². The van der Waals surface area contributed by atoms with Crippen LogP contribution < -0.4 is 10.2 Å². The number of ether oxygens (including phenoxy) is 1. The monoisotopic (exact) mass is 253 g/mol. The van der Waals surface area contributed by atoms with Gasteiger partial charge in [-0.15, -0.1) is 11.8 Å². The van der Waals surface area contributed by atoms with Gasteiger partial charge in [-0.25, -0.2) is 4.39 Å². The highest BCUT2D eigenvalue weighted by Crippen LogP contribution is 2.24. The lowest BCUT2D eigenvalue weighted by Crippen LogP contribution is -2.10. The predicted molar refractivity (Wildman–Crippen MR) is 67.5 cm³/mol. The topological polar surface area (TPSA) is 31.2 Å². The van der Waals surface area contributed by atoms with Crippen molar-refractivity contribution in [2.75, 3.05) is 13.4 Å². The summed E-state index contributed by atoms with van der Waals surface area (Å²) >= 11 is 1.37. The Bertz CT molecular complexity index is 636. The molecule has 0 aliphatic heterocycles. The van der Waals surface area contributed by atoms with Gasteiger partial charge in [-0.1, -0.05) is 0 Å². The molecule has 0 aliphatic carbocycles. The van der Waals surface area contributed by atoms with Crippen molar-refractivity contribution in [1.29, 1.82) is 0 Å². The largest absolute Gasteiger partial charge is 0.494 e. The molecule has 2 rings (SSSR count). The van der Waals surface area contributed by atoms with Crippen molar-refractivity contribution in [2.24, 2.45) is 7.05 Å². The Balaban J connectivity index is 2.91. The first kappa shape index (κ1) is 12.0. The highest BCUT2D eigenvalue weighted by atomic mass is 32.2. The van der Waals surface area contributed by atoms with E-state index in [1.807, 2.05) is 6.26 Å². The van der Waals surface area contributed by atoms with E-state index in [0.717, 1.165) is 0 Å². The number of aromatic nitrogens is 1. The van der Waals surface area contributed by atoms with Crippen molar-refractivity contribution in [3.8, 4) is 5.75 Å². The van der Waals surface area contributed by atoms with E-state index in [2.05, 4.69) is 0 Å². The first-order valence-corrected chi connectivity index (χ1v) is 6.21. The van der Waals surface area contributed by atoms with Crippen LogP contribution >= 0.6 is 11.8 Å². The summed E-state index contributed by atoms with van der Waals surface area (Å²) in [6.45, 7) is 0. The van der Waals surface area contributed by atoms with Crippen molar-refractivity contribution in [2.45, 2.75) is 4.90 Å². The lowest BCUT2D eigenvalue weighted by molar-refractivity contribution is 0.387. The maximum Gasteiger partial charge on any atom is 0.203 e. The number of benzene rings is 1. The van der Waals surface area contributed by atoms with Gasteiger partial charge in [0.25, 0.3) is 0 Å². The van der Waals surface area contributed by atoms with E-state index < -0.39 is 5.82 Å². The molecule has 0 bridgehead atoms. The van der Waals surface area contributed by atoms with Gasteiger partial charge in [-0.05, 0) is 12.3 Å². The molecular weight excluding hydrogens is 241 g/mol. The summed E-state index contributed by atoms with van der Waals surface area (Å²) in [5, 5.41) is 0.470. The average molecular weight is 253 g/mol. The van der Waals surface area contributed by atoms with E-state index in [-0.39, 0.29) is 11.2 Å². The van der Waals surface area contributed by atoms with Crippen LogP contribution in [-0.2, 0) is 7.05 Å². The predicted octanol–water partition coefficient (Wildman–Crippen LogP) is 2.41. The summed E-state index contributed by atoms with van der Waals surface area (Å²) in [5.74, 6) is -0.375. The number of halogens is 1. The number of nitrogens with zero attached hydrogens (tertiary/aromatic N) is 1. The average Bonchev–Trinajstić information content (AvgIpc) is 2.33. The second-order valence-corrected chi connectivity index (χ2v) is 4.49. The molecule has 0 saturated heterocycles. The first-order chi connectivity index (χ1) is 8.08. The van der Waals surface area contributed by atoms with Gasteiger partial charge in [0.05, 0.1) is 22.9 Å². The minimum absolute atomic E-state index is 0.0906. The van der Waals surface area contributed by atoms with Gasteiger partial charge in [0, 0.05) is 19.3 Å². The van der Waals surface area contributed by atoms with Crippen LogP contribution in [0.5, 0.6) is 5.75 Å². The fraction of sp³-hybridized carbons (Fsp3) is 0.250. The van der Waals surface area contributed by atoms with Crippen molar-refractivity contribution in [3.05, 3.63) is 34.4 Å². The summed E-state index contributed by atoms with van der Waals surface area (Å²) in [7, 11) is 3.17. The highest BCUT2D eigenvalue weighted by molar-refractivity contribution is 7.98. The molecule has 0 radical (unpaired) electrons. The molecule has 0 amide bonds. The second-order valence-electron chi connectivity index (χ2n) is 3.64. The number of hydrogen-bond donors (Lipinski definition) is 0. The molecule has 0 fully saturated rings. The molecule has 5 heteroatoms. The quantitative estimate of drug-likeness (QED) is 0.770. The van der Waals surface area contributed by atoms with E-state index in [0.29, 0.717) is 15.8 Å². The molecule has 17 heavy (non-hydrogen) atoms. The van der Waals surface area contributed by atoms with Crippen LogP contribution in [-0.4, -0.2) is 17.9 Å². The second kappa shape index (κ2) is 4.41. The van der Waals surface area contributed by atoms with Crippen molar-refractivity contribution < 1.29 is 9.13 Å². The summed E-state index contributed by atoms with van der Waals surface area (Å²) in [6.07, 6.45) is 3.55. The fourth-order valence-electron chi connectivity index (χ4n) is 1.76. The first-order valence-electron chi connectivity index (χ1n) is 4.99. The third-order valence-electron chi connectivity index (χ3n) is 2.65. The Labute approximate surface area is 102 Å². The van der Waals surface area contributed by atoms with E-state index in [1.54, 1.807) is 17.8 Å². The third-order valence-corrected chi connectivity index (χ3v) is 3.38. The van der Waals surface area contributed by atoms with Crippen molar-refractivity contribution in [3.63, 3.8) is 0 Å². The van der Waals surface area contributed by atoms with E-state index in [9.17, 15) is 9.18 Å². The molecule has 0 N–H and O–H groups in total. The van der Waals surface area contributed by atoms with E-state index in [1.165, 1.54) is 31.0 Å². The fourth-order valence-corrected chi connectivity index (χ4v) is 2.31. The Morgan fingerprint density at radius 2 is 2.12 bits per heavy atom. The van der Waals surface area contributed by atoms with Gasteiger partial charge in [0.1, 0.15) is 0 Å². The summed E-state index contributed by atoms with van der Waals surface area (Å²) in [4.78, 5) is 12.7. The Hall–Kier alpha value is -1.49. The molecule has 0 unspecified atom stereocenters. The summed E-state index contributed by atoms with van der Waals surface area (Å²) in [6, 6.07) is 2.77. The SMILES string of the molecule is COc1cc2c(=O)c(SC)cn(C)c2cc1F. The van der Waals surface area contributed by atoms with E-state index in [4.69, 9.17) is 4.74 Å². The number of fused-ring (bicyclic) bond motifs is 1. The zero-order chi connectivity index (χ0) is 12.6. The number of rotatable bonds is 2. The van der Waals surface area contributed by atoms with Crippen molar-refractivity contribution in [1.82, 2.24) is 4.57 Å². The minimum atomic E-state index is -0.466. The van der Waals surface area contributed by atoms with Crippen molar-refractivity contribution >= 4 is 22.7 Å². The van der Waals surface area contributed by atoms with Crippen LogP contribution in [0.3, 0.4) is 0 Å². The molecule has 3 nitrogen and oxygen atoms in total. The third kappa shape index (κ3) is 1.91. The summed E-state index contributed by atoms with van der Waals surface area (Å²) in [5.41, 5.74) is 0.468. The lowest BCUT2D eigenvalue weighted by atomic mass is 10.2. The smallest absolute Gasteiger partial charge is 0.203 e. The minimum Gasteiger partial charge on any atom is -0.494 e. The van der Waals surface area contributed by atoms with Crippen LogP contribution in [0.4, 0.5) is 4.39 Å². The van der Waals surface area contributed by atoms with Gasteiger partial charge in [-0.2, -0.15) is 0 Å². The number of aryl methyl sites for hydroxylation is 1. The molecule has 90 valence electrons. The number of hydrogen-bond acceptors (Lipinski definition) is 3. The highest BCUT2D eigenvalue weighted by Gasteiger charge is 2.11. The zero-order valence-electron chi connectivity index (χ0n) is 9.78. The molecule has 0 atom stereocenters. The van der Waals surface area contributed by atoms with Crippen LogP contribution in [0.15, 0.2) is 28.0 Å². The normalized spacial score (nSPS) is 10.8. The Morgan fingerprint density at radius 3 is 2.71 bits per heavy atom. The molecule has 1 heterocycles. The number of pyridine rings is 1. The molecular formula is C12H12FNO2S. The molecule has 2 aromatic rings. The van der Waals surface area contributed by atoms with Gasteiger partial charge in [-0.3, -0.25) is 4.79 Å². The Kier molecular flexibility index (Phi) is 3.11. The standard InChI is InChI=1S/C12H12FNO2S/c1-14-6-11(17-3)12(15)7-4-10(16-2)8(13)5-9(7)14/h4-6H,1-3H3. The van der Waals surface area contributed by atoms with Gasteiger partial charge >= 0.3 is 0 Å². The number of thioether (sulfide) groups is 1. The molecule has 0 spiro atoms. The van der Waals surface area contributed by atoms with Crippen LogP contribution in [0.1, 0.15) is 0 Å². The van der Waals surface area contributed by atoms with Crippen LogP contribution in [0, 0.1) is 5.82 Å². The maximum atomic E-state index is 13.6. The van der Waals surface area contributed by atoms with Gasteiger partial charge < -0.3 is 9.30 Å². The summed E-state index contributed by atoms with van der Waals surface area (Å²) < 4.78 is 20.2.